The first-order chi connectivity index (χ1) is 14.6. The van der Waals surface area contributed by atoms with Crippen LogP contribution >= 0.6 is 0 Å². The lowest BCUT2D eigenvalue weighted by atomic mass is 9.31. The second-order valence-corrected chi connectivity index (χ2v) is 15.3. The highest BCUT2D eigenvalue weighted by Crippen LogP contribution is 2.77. The Kier molecular flexibility index (Phi) is 4.85. The molecule has 182 valence electrons. The fraction of sp³-hybridized carbons (Fsp3) is 0.967. The van der Waals surface area contributed by atoms with Crippen LogP contribution in [0.25, 0.3) is 0 Å². The van der Waals surface area contributed by atoms with Crippen LogP contribution in [0.3, 0.4) is 0 Å². The van der Waals surface area contributed by atoms with Gasteiger partial charge in [-0.05, 0) is 116 Å². The molecule has 5 saturated carbocycles. The summed E-state index contributed by atoms with van der Waals surface area (Å²) in [4.78, 5) is 14.3. The molecule has 0 bridgehead atoms. The van der Waals surface area contributed by atoms with Gasteiger partial charge in [0.15, 0.2) is 0 Å². The molecule has 0 amide bonds. The Morgan fingerprint density at radius 1 is 0.781 bits per heavy atom. The summed E-state index contributed by atoms with van der Waals surface area (Å²) >= 11 is 0. The van der Waals surface area contributed by atoms with Gasteiger partial charge < -0.3 is 5.11 Å². The van der Waals surface area contributed by atoms with Gasteiger partial charge in [0.1, 0.15) is 5.78 Å². The van der Waals surface area contributed by atoms with Crippen LogP contribution in [0.1, 0.15) is 120 Å². The zero-order valence-corrected chi connectivity index (χ0v) is 22.3. The largest absolute Gasteiger partial charge is 0.390 e. The van der Waals surface area contributed by atoms with Crippen LogP contribution < -0.4 is 0 Å². The molecule has 0 aromatic heterocycles. The van der Waals surface area contributed by atoms with E-state index >= 15 is 0 Å². The van der Waals surface area contributed by atoms with Crippen LogP contribution in [-0.2, 0) is 4.79 Å². The Hall–Kier alpha value is -0.370. The van der Waals surface area contributed by atoms with Gasteiger partial charge in [-0.1, -0.05) is 48.0 Å². The predicted octanol–water partition coefficient (Wildman–Crippen LogP) is 7.43. The Bertz CT molecular complexity index is 806. The van der Waals surface area contributed by atoms with E-state index in [4.69, 9.17) is 0 Å². The average molecular weight is 443 g/mol. The summed E-state index contributed by atoms with van der Waals surface area (Å²) in [5.74, 6) is 3.32. The van der Waals surface area contributed by atoms with Crippen LogP contribution in [0.4, 0.5) is 0 Å². The molecule has 0 aliphatic heterocycles. The number of rotatable bonds is 1. The van der Waals surface area contributed by atoms with Crippen LogP contribution in [0.2, 0.25) is 0 Å². The van der Waals surface area contributed by atoms with Gasteiger partial charge in [-0.3, -0.25) is 4.79 Å². The van der Waals surface area contributed by atoms with Gasteiger partial charge in [0.25, 0.3) is 0 Å². The first-order valence-corrected chi connectivity index (χ1v) is 13.9. The quantitative estimate of drug-likeness (QED) is 0.458. The molecule has 0 heterocycles. The third-order valence-corrected chi connectivity index (χ3v) is 13.4. The number of carbonyl (C=O) groups is 1. The van der Waals surface area contributed by atoms with Crippen molar-refractivity contribution in [1.29, 1.82) is 0 Å². The van der Waals surface area contributed by atoms with Crippen LogP contribution in [0, 0.1) is 56.7 Å². The molecule has 0 saturated heterocycles. The van der Waals surface area contributed by atoms with Crippen molar-refractivity contribution >= 4 is 5.78 Å². The minimum atomic E-state index is -0.591. The summed E-state index contributed by atoms with van der Waals surface area (Å²) in [6.07, 6.45) is 12.0. The maximum absolute atomic E-state index is 14.3. The molecule has 0 radical (unpaired) electrons. The van der Waals surface area contributed by atoms with E-state index in [2.05, 4.69) is 41.5 Å². The molecule has 5 rings (SSSR count). The first-order valence-electron chi connectivity index (χ1n) is 13.9. The van der Waals surface area contributed by atoms with E-state index in [-0.39, 0.29) is 21.7 Å². The highest BCUT2D eigenvalue weighted by Gasteiger charge is 2.73. The van der Waals surface area contributed by atoms with Gasteiger partial charge in [0, 0.05) is 11.8 Å². The van der Waals surface area contributed by atoms with E-state index in [1.807, 2.05) is 13.8 Å². The molecule has 9 atom stereocenters. The maximum atomic E-state index is 14.3. The lowest BCUT2D eigenvalue weighted by Gasteiger charge is -2.72. The summed E-state index contributed by atoms with van der Waals surface area (Å²) < 4.78 is 0. The smallest absolute Gasteiger partial charge is 0.139 e. The molecule has 1 N–H and O–H groups in total. The second-order valence-electron chi connectivity index (χ2n) is 15.3. The molecule has 0 aromatic rings. The van der Waals surface area contributed by atoms with E-state index in [1.54, 1.807) is 0 Å². The SMILES string of the molecule is CC1(C)CCC[C@@]2(C)C1CC(=O)[C@]1(C)[C@@H]2CC[C@@H]2[C@@]3(C)CC[C@H](C(C)(C)O)[C@@H]3CC[C@]21C. The highest BCUT2D eigenvalue weighted by molar-refractivity contribution is 5.87. The molecule has 2 heteroatoms. The van der Waals surface area contributed by atoms with E-state index in [0.29, 0.717) is 40.8 Å². The standard InChI is InChI=1S/C30H50O2/c1-25(2)14-9-15-28(6)22-11-10-21-27(5)16-12-19(26(3,4)32)20(27)13-17-29(21,7)30(22,8)24(31)18-23(25)28/h19-23,32H,9-18H2,1-8H3/t19-,20-,21+,22+,23?,27-,28+,29+,30-/m0/s1. The molecular weight excluding hydrogens is 392 g/mol. The summed E-state index contributed by atoms with van der Waals surface area (Å²) in [6.45, 7) is 19.1. The lowest BCUT2D eigenvalue weighted by molar-refractivity contribution is -0.231. The number of hydrogen-bond acceptors (Lipinski definition) is 2. The Balaban J connectivity index is 1.56. The van der Waals surface area contributed by atoms with Gasteiger partial charge in [-0.15, -0.1) is 0 Å². The second kappa shape index (κ2) is 6.64. The van der Waals surface area contributed by atoms with Crippen molar-refractivity contribution in [3.63, 3.8) is 0 Å². The van der Waals surface area contributed by atoms with Gasteiger partial charge in [0.05, 0.1) is 5.60 Å². The maximum Gasteiger partial charge on any atom is 0.139 e. The summed E-state index contributed by atoms with van der Waals surface area (Å²) in [5, 5.41) is 11.0. The third kappa shape index (κ3) is 2.66. The van der Waals surface area contributed by atoms with Gasteiger partial charge in [-0.25, -0.2) is 0 Å². The Labute approximate surface area is 197 Å². The van der Waals surface area contributed by atoms with Crippen molar-refractivity contribution in [2.75, 3.05) is 0 Å². The number of carbonyl (C=O) groups excluding carboxylic acids is 1. The molecule has 5 fully saturated rings. The zero-order chi connectivity index (χ0) is 23.5. The molecule has 1 unspecified atom stereocenters. The van der Waals surface area contributed by atoms with Crippen LogP contribution in [0.15, 0.2) is 0 Å². The number of hydrogen-bond donors (Lipinski definition) is 1. The number of aliphatic hydroxyl groups is 1. The molecule has 0 spiro atoms. The van der Waals surface area contributed by atoms with E-state index in [1.165, 1.54) is 51.4 Å². The third-order valence-electron chi connectivity index (χ3n) is 13.4. The monoisotopic (exact) mass is 442 g/mol. The van der Waals surface area contributed by atoms with Crippen molar-refractivity contribution in [2.24, 2.45) is 56.7 Å². The van der Waals surface area contributed by atoms with Gasteiger partial charge in [0.2, 0.25) is 0 Å². The van der Waals surface area contributed by atoms with Gasteiger partial charge in [-0.2, -0.15) is 0 Å². The normalized spacial score (nSPS) is 54.9. The van der Waals surface area contributed by atoms with E-state index in [0.717, 1.165) is 12.8 Å². The molecular formula is C30H50O2. The summed E-state index contributed by atoms with van der Waals surface area (Å²) in [6, 6.07) is 0. The minimum absolute atomic E-state index is 0.0995. The van der Waals surface area contributed by atoms with Crippen molar-refractivity contribution in [1.82, 2.24) is 0 Å². The highest BCUT2D eigenvalue weighted by atomic mass is 16.3. The molecule has 5 aliphatic rings. The average Bonchev–Trinajstić information content (AvgIpc) is 3.02. The lowest BCUT2D eigenvalue weighted by Crippen LogP contribution is -2.69. The number of Topliss-reactive ketones (excluding diaryl/α,β-unsaturated/α-hetero) is 1. The van der Waals surface area contributed by atoms with E-state index in [9.17, 15) is 9.90 Å². The summed E-state index contributed by atoms with van der Waals surface area (Å²) in [5.41, 5.74) is 0.192. The molecule has 5 aliphatic carbocycles. The van der Waals surface area contributed by atoms with Crippen LogP contribution in [0.5, 0.6) is 0 Å². The fourth-order valence-corrected chi connectivity index (χ4v) is 11.8. The predicted molar refractivity (Wildman–Crippen MR) is 131 cm³/mol. The van der Waals surface area contributed by atoms with Crippen LogP contribution in [-0.4, -0.2) is 16.5 Å². The molecule has 0 aromatic carbocycles. The molecule has 2 nitrogen and oxygen atoms in total. The van der Waals surface area contributed by atoms with Crippen molar-refractivity contribution in [2.45, 2.75) is 125 Å². The minimum Gasteiger partial charge on any atom is -0.390 e. The zero-order valence-electron chi connectivity index (χ0n) is 22.3. The van der Waals surface area contributed by atoms with Crippen molar-refractivity contribution < 1.29 is 9.90 Å². The fourth-order valence-electron chi connectivity index (χ4n) is 11.8. The van der Waals surface area contributed by atoms with Crippen molar-refractivity contribution in [3.8, 4) is 0 Å². The number of ketones is 1. The Morgan fingerprint density at radius 3 is 2.09 bits per heavy atom. The first kappa shape index (κ1) is 23.4. The number of fused-ring (bicyclic) bond motifs is 7. The molecule has 32 heavy (non-hydrogen) atoms. The van der Waals surface area contributed by atoms with E-state index < -0.39 is 5.60 Å². The topological polar surface area (TPSA) is 37.3 Å². The Morgan fingerprint density at radius 2 is 1.44 bits per heavy atom. The summed E-state index contributed by atoms with van der Waals surface area (Å²) in [7, 11) is 0. The van der Waals surface area contributed by atoms with Crippen molar-refractivity contribution in [3.05, 3.63) is 0 Å². The van der Waals surface area contributed by atoms with Gasteiger partial charge >= 0.3 is 0 Å².